The van der Waals surface area contributed by atoms with Crippen LogP contribution in [-0.4, -0.2) is 118 Å². The highest BCUT2D eigenvalue weighted by Crippen LogP contribution is 2.16. The molecule has 0 amide bonds. The van der Waals surface area contributed by atoms with E-state index in [9.17, 15) is 39.0 Å². The maximum Gasteiger partial charge on any atom is 0.320 e. The molecule has 0 saturated carbocycles. The first kappa shape index (κ1) is 56.2. The Morgan fingerprint density at radius 3 is 1.13 bits per heavy atom. The van der Waals surface area contributed by atoms with Crippen LogP contribution in [0.25, 0.3) is 0 Å². The zero-order valence-electron chi connectivity index (χ0n) is 37.0. The minimum absolute atomic E-state index is 0.0160. The Bertz CT molecular complexity index is 1130. The lowest BCUT2D eigenvalue weighted by Crippen LogP contribution is -2.44. The Morgan fingerprint density at radius 2 is 0.783 bits per heavy atom. The highest BCUT2D eigenvalue weighted by molar-refractivity contribution is 5.75. The van der Waals surface area contributed by atoms with Crippen molar-refractivity contribution in [3.8, 4) is 0 Å². The second-order valence-electron chi connectivity index (χ2n) is 15.9. The predicted octanol–water partition coefficient (Wildman–Crippen LogP) is 9.05. The molecule has 0 aliphatic rings. The lowest BCUT2D eigenvalue weighted by molar-refractivity contribution is -0.154. The summed E-state index contributed by atoms with van der Waals surface area (Å²) in [5.74, 6) is -4.96. The van der Waals surface area contributed by atoms with E-state index in [0.29, 0.717) is 38.5 Å². The normalized spacial score (nSPS) is 12.7. The van der Waals surface area contributed by atoms with Gasteiger partial charge < -0.3 is 29.9 Å². The van der Waals surface area contributed by atoms with E-state index in [0.717, 1.165) is 116 Å². The summed E-state index contributed by atoms with van der Waals surface area (Å²) in [6.07, 6.45) is 29.3. The van der Waals surface area contributed by atoms with Crippen molar-refractivity contribution in [2.24, 2.45) is 0 Å². The number of esters is 2. The van der Waals surface area contributed by atoms with Crippen LogP contribution in [0.1, 0.15) is 181 Å². The van der Waals surface area contributed by atoms with Crippen LogP contribution >= 0.6 is 0 Å². The van der Waals surface area contributed by atoms with Gasteiger partial charge in [-0.2, -0.15) is 0 Å². The lowest BCUT2D eigenvalue weighted by Gasteiger charge is -2.26. The van der Waals surface area contributed by atoms with Crippen LogP contribution in [0.4, 0.5) is 0 Å². The fourth-order valence-corrected chi connectivity index (χ4v) is 6.82. The van der Waals surface area contributed by atoms with Crippen LogP contribution in [0.2, 0.25) is 0 Å². The molecule has 2 unspecified atom stereocenters. The number of carbonyl (C=O) groups excluding carboxylic acids is 2. The molecule has 0 bridgehead atoms. The second-order valence-corrected chi connectivity index (χ2v) is 15.9. The summed E-state index contributed by atoms with van der Waals surface area (Å²) < 4.78 is 11.7. The molecule has 346 valence electrons. The summed E-state index contributed by atoms with van der Waals surface area (Å²) >= 11 is 0. The van der Waals surface area contributed by atoms with Gasteiger partial charge in [0.1, 0.15) is 12.2 Å². The van der Waals surface area contributed by atoms with Gasteiger partial charge in [0.05, 0.1) is 26.2 Å². The number of nitrogens with zero attached hydrogens (tertiary/aromatic N) is 2. The Labute approximate surface area is 360 Å². The molecule has 0 rings (SSSR count). The molecule has 0 heterocycles. The van der Waals surface area contributed by atoms with Gasteiger partial charge in [0.2, 0.25) is 0 Å². The third-order valence-corrected chi connectivity index (χ3v) is 10.2. The highest BCUT2D eigenvalue weighted by Gasteiger charge is 2.23. The van der Waals surface area contributed by atoms with Gasteiger partial charge in [0, 0.05) is 38.8 Å². The molecule has 0 aliphatic carbocycles. The van der Waals surface area contributed by atoms with E-state index in [1.807, 2.05) is 12.2 Å². The zero-order chi connectivity index (χ0) is 44.6. The highest BCUT2D eigenvalue weighted by atomic mass is 16.5. The molecule has 0 saturated heterocycles. The van der Waals surface area contributed by atoms with Gasteiger partial charge in [0.25, 0.3) is 0 Å². The zero-order valence-corrected chi connectivity index (χ0v) is 37.0. The summed E-state index contributed by atoms with van der Waals surface area (Å²) in [4.78, 5) is 74.0. The average Bonchev–Trinajstić information content (AvgIpc) is 3.17. The van der Waals surface area contributed by atoms with E-state index in [2.05, 4.69) is 26.0 Å². The monoisotopic (exact) mass is 853 g/mol. The van der Waals surface area contributed by atoms with E-state index >= 15 is 0 Å². The molecule has 0 aromatic rings. The number of carboxylic acid groups (broad SMARTS) is 4. The van der Waals surface area contributed by atoms with Crippen molar-refractivity contribution in [3.63, 3.8) is 0 Å². The van der Waals surface area contributed by atoms with Crippen molar-refractivity contribution in [3.05, 3.63) is 24.3 Å². The molecular weight excluding hydrogens is 773 g/mol. The van der Waals surface area contributed by atoms with Crippen LogP contribution in [0.3, 0.4) is 0 Å². The van der Waals surface area contributed by atoms with Crippen LogP contribution in [-0.2, 0) is 38.2 Å². The summed E-state index contributed by atoms with van der Waals surface area (Å²) in [5.41, 5.74) is 0. The Hall–Kier alpha value is -3.78. The van der Waals surface area contributed by atoms with Crippen LogP contribution < -0.4 is 0 Å². The summed E-state index contributed by atoms with van der Waals surface area (Å²) in [7, 11) is 0. The number of allylic oxidation sites excluding steroid dienone is 2. The number of carboxylic acids is 4. The molecular formula is C46H80N2O12. The first-order chi connectivity index (χ1) is 28.9. The van der Waals surface area contributed by atoms with Gasteiger partial charge in [-0.15, -0.1) is 0 Å². The molecule has 14 heteroatoms. The third kappa shape index (κ3) is 38.4. The number of ether oxygens (including phenoxy) is 2. The number of hydrogen-bond acceptors (Lipinski definition) is 10. The fourth-order valence-electron chi connectivity index (χ4n) is 6.82. The first-order valence-electron chi connectivity index (χ1n) is 22.9. The third-order valence-electron chi connectivity index (χ3n) is 10.2. The van der Waals surface area contributed by atoms with Crippen LogP contribution in [0, 0.1) is 0 Å². The van der Waals surface area contributed by atoms with Crippen LogP contribution in [0.15, 0.2) is 24.3 Å². The largest absolute Gasteiger partial charge is 0.481 e. The Balaban J connectivity index is 5.29. The topological polar surface area (TPSA) is 208 Å². The van der Waals surface area contributed by atoms with Gasteiger partial charge in [0.15, 0.2) is 0 Å². The van der Waals surface area contributed by atoms with E-state index in [4.69, 9.17) is 19.7 Å². The molecule has 4 N–H and O–H groups in total. The smallest absolute Gasteiger partial charge is 0.320 e. The molecule has 0 spiro atoms. The first-order valence-corrected chi connectivity index (χ1v) is 22.9. The average molecular weight is 853 g/mol. The SMILES string of the molecule is CCCCCCC(C/C=C/CCCCCCCC(=O)O)OC(=O)CN(CCN(CC(=O)O)CC(=O)OC(C/C=C/CCCCCCCC(=O)O)CCCCCC)CC(=O)O. The van der Waals surface area contributed by atoms with Gasteiger partial charge in [-0.05, 0) is 64.2 Å². The van der Waals surface area contributed by atoms with Crippen molar-refractivity contribution in [2.75, 3.05) is 39.3 Å². The van der Waals surface area contributed by atoms with E-state index in [1.54, 1.807) is 0 Å². The number of unbranched alkanes of at least 4 members (excludes halogenated alkanes) is 16. The molecule has 0 fully saturated rings. The maximum atomic E-state index is 13.2. The number of carbonyl (C=O) groups is 6. The lowest BCUT2D eigenvalue weighted by atomic mass is 10.1. The summed E-state index contributed by atoms with van der Waals surface area (Å²) in [6, 6.07) is 0. The van der Waals surface area contributed by atoms with Crippen molar-refractivity contribution in [1.29, 1.82) is 0 Å². The van der Waals surface area contributed by atoms with Crippen molar-refractivity contribution < 1.29 is 58.7 Å². The summed E-state index contributed by atoms with van der Waals surface area (Å²) in [6.45, 7) is 2.75. The number of aliphatic carboxylic acids is 4. The molecule has 0 aliphatic heterocycles. The van der Waals surface area contributed by atoms with Crippen molar-refractivity contribution in [2.45, 2.75) is 193 Å². The van der Waals surface area contributed by atoms with Gasteiger partial charge >= 0.3 is 35.8 Å². The number of hydrogen-bond donors (Lipinski definition) is 4. The van der Waals surface area contributed by atoms with Gasteiger partial charge in [-0.25, -0.2) is 0 Å². The van der Waals surface area contributed by atoms with Gasteiger partial charge in [-0.3, -0.25) is 38.6 Å². The van der Waals surface area contributed by atoms with E-state index in [1.165, 1.54) is 9.80 Å². The molecule has 14 nitrogen and oxygen atoms in total. The molecule has 60 heavy (non-hydrogen) atoms. The summed E-state index contributed by atoms with van der Waals surface area (Å²) in [5, 5.41) is 36.8. The van der Waals surface area contributed by atoms with E-state index < -0.39 is 48.9 Å². The standard InChI is InChI=1S/C46H80N2O12/c1-3-5-7-21-27-39(29-23-17-13-9-11-15-19-25-31-41(49)50)59-45(57)37-47(35-43(53)54)33-34-48(36-44(55)56)38-46(58)60-40(28-22-8-6-4-2)30-24-18-14-10-12-16-20-26-32-42(51)52/h17-18,23-24,39-40H,3-16,19-22,25-38H2,1-2H3,(H,49,50)(H,51,52)(H,53,54)(H,55,56)/b23-17+,24-18+. The quantitative estimate of drug-likeness (QED) is 0.0256. The van der Waals surface area contributed by atoms with Crippen molar-refractivity contribution >= 4 is 35.8 Å². The molecule has 0 aromatic carbocycles. The fraction of sp³-hybridized carbons (Fsp3) is 0.783. The minimum atomic E-state index is -1.15. The maximum absolute atomic E-state index is 13.2. The Morgan fingerprint density at radius 1 is 0.433 bits per heavy atom. The number of rotatable bonds is 43. The predicted molar refractivity (Wildman–Crippen MR) is 233 cm³/mol. The Kier molecular flexibility index (Phi) is 36.9. The van der Waals surface area contributed by atoms with Gasteiger partial charge in [-0.1, -0.05) is 115 Å². The van der Waals surface area contributed by atoms with E-state index in [-0.39, 0.29) is 51.2 Å². The van der Waals surface area contributed by atoms with Crippen molar-refractivity contribution in [1.82, 2.24) is 9.80 Å². The molecule has 0 aromatic heterocycles. The molecule has 0 radical (unpaired) electrons. The molecule has 2 atom stereocenters. The second kappa shape index (κ2) is 39.4. The van der Waals surface area contributed by atoms with Crippen LogP contribution in [0.5, 0.6) is 0 Å². The minimum Gasteiger partial charge on any atom is -0.481 e.